The molecule has 2 nitrogen and oxygen atoms in total. The fourth-order valence-electron chi connectivity index (χ4n) is 1.35. The van der Waals surface area contributed by atoms with Crippen molar-refractivity contribution < 1.29 is 9.53 Å². The summed E-state index contributed by atoms with van der Waals surface area (Å²) in [5.41, 5.74) is 0.460. The number of ketones is 1. The summed E-state index contributed by atoms with van der Waals surface area (Å²) in [6.07, 6.45) is 0. The molecule has 0 aromatic heterocycles. The second-order valence-corrected chi connectivity index (χ2v) is 3.88. The number of benzene rings is 1. The Bertz CT molecular complexity index is 340. The van der Waals surface area contributed by atoms with E-state index < -0.39 is 5.41 Å². The average molecular weight is 222 g/mol. The maximum Gasteiger partial charge on any atom is 0.139 e. The van der Waals surface area contributed by atoms with Gasteiger partial charge in [-0.05, 0) is 26.8 Å². The van der Waals surface area contributed by atoms with Gasteiger partial charge in [0.05, 0.1) is 12.5 Å². The Morgan fingerprint density at radius 2 is 1.69 bits per heavy atom. The van der Waals surface area contributed by atoms with Gasteiger partial charge in [-0.1, -0.05) is 32.0 Å². The van der Waals surface area contributed by atoms with Crippen LogP contribution in [0.15, 0.2) is 24.3 Å². The largest absolute Gasteiger partial charge is 0.496 e. The lowest BCUT2D eigenvalue weighted by Gasteiger charge is -2.23. The van der Waals surface area contributed by atoms with E-state index in [1.807, 2.05) is 52.0 Å². The molecule has 2 heteroatoms. The van der Waals surface area contributed by atoms with Gasteiger partial charge in [-0.3, -0.25) is 4.79 Å². The van der Waals surface area contributed by atoms with E-state index in [2.05, 4.69) is 0 Å². The van der Waals surface area contributed by atoms with Gasteiger partial charge >= 0.3 is 0 Å². The minimum absolute atomic E-state index is 0.141. The second kappa shape index (κ2) is 6.31. The molecule has 0 aliphatic rings. The van der Waals surface area contributed by atoms with Crippen molar-refractivity contribution in [2.45, 2.75) is 40.0 Å². The molecule has 0 radical (unpaired) electrons. The minimum atomic E-state index is -0.480. The van der Waals surface area contributed by atoms with E-state index >= 15 is 0 Å². The molecule has 0 spiro atoms. The van der Waals surface area contributed by atoms with Gasteiger partial charge in [0.1, 0.15) is 11.5 Å². The summed E-state index contributed by atoms with van der Waals surface area (Å²) in [5.74, 6) is 0.912. The lowest BCUT2D eigenvalue weighted by Crippen LogP contribution is -2.26. The molecule has 1 aromatic rings. The Labute approximate surface area is 98.6 Å². The van der Waals surface area contributed by atoms with E-state index in [1.165, 1.54) is 0 Å². The van der Waals surface area contributed by atoms with Gasteiger partial charge in [0.25, 0.3) is 0 Å². The summed E-state index contributed by atoms with van der Waals surface area (Å²) in [5, 5.41) is 0. The third-order valence-corrected chi connectivity index (χ3v) is 2.66. The van der Waals surface area contributed by atoms with Gasteiger partial charge in [0.2, 0.25) is 0 Å². The molecular formula is C14H22O2. The Morgan fingerprint density at radius 1 is 1.19 bits per heavy atom. The summed E-state index contributed by atoms with van der Waals surface area (Å²) in [6, 6.07) is 7.63. The lowest BCUT2D eigenvalue weighted by molar-refractivity contribution is -0.121. The normalized spacial score (nSPS) is 10.1. The van der Waals surface area contributed by atoms with E-state index in [9.17, 15) is 4.79 Å². The predicted octanol–water partition coefficient (Wildman–Crippen LogP) is 3.59. The van der Waals surface area contributed by atoms with Crippen LogP contribution >= 0.6 is 0 Å². The average Bonchev–Trinajstić information content (AvgIpc) is 2.31. The van der Waals surface area contributed by atoms with Gasteiger partial charge < -0.3 is 4.74 Å². The molecular weight excluding hydrogens is 200 g/mol. The van der Waals surface area contributed by atoms with Crippen molar-refractivity contribution >= 4 is 5.78 Å². The summed E-state index contributed by atoms with van der Waals surface area (Å²) < 4.78 is 5.23. The van der Waals surface area contributed by atoms with Crippen LogP contribution in [-0.4, -0.2) is 12.9 Å². The number of hydrogen-bond acceptors (Lipinski definition) is 2. The summed E-state index contributed by atoms with van der Waals surface area (Å²) in [7, 11) is 1.62. The van der Waals surface area contributed by atoms with E-state index in [0.717, 1.165) is 11.3 Å². The van der Waals surface area contributed by atoms with Crippen LogP contribution in [0.5, 0.6) is 5.75 Å². The van der Waals surface area contributed by atoms with Crippen molar-refractivity contribution in [3.63, 3.8) is 0 Å². The molecule has 0 N–H and O–H groups in total. The van der Waals surface area contributed by atoms with Crippen LogP contribution in [-0.2, 0) is 10.2 Å². The van der Waals surface area contributed by atoms with Gasteiger partial charge in [-0.25, -0.2) is 0 Å². The maximum absolute atomic E-state index is 11.5. The zero-order chi connectivity index (χ0) is 12.8. The van der Waals surface area contributed by atoms with Crippen molar-refractivity contribution in [2.75, 3.05) is 7.11 Å². The molecule has 0 aliphatic heterocycles. The minimum Gasteiger partial charge on any atom is -0.496 e. The van der Waals surface area contributed by atoms with Crippen molar-refractivity contribution in [1.82, 2.24) is 0 Å². The van der Waals surface area contributed by atoms with Gasteiger partial charge in [-0.2, -0.15) is 0 Å². The maximum atomic E-state index is 11.5. The third kappa shape index (κ3) is 3.09. The fourth-order valence-corrected chi connectivity index (χ4v) is 1.35. The molecule has 0 aliphatic carbocycles. The van der Waals surface area contributed by atoms with Crippen LogP contribution in [0.3, 0.4) is 0 Å². The molecule has 0 saturated carbocycles. The van der Waals surface area contributed by atoms with E-state index in [0.29, 0.717) is 0 Å². The van der Waals surface area contributed by atoms with Crippen molar-refractivity contribution in [3.05, 3.63) is 29.8 Å². The molecule has 1 aromatic carbocycles. The SMILES string of the molecule is CC.COc1ccccc1C(C)(C)C(C)=O. The highest BCUT2D eigenvalue weighted by Gasteiger charge is 2.28. The van der Waals surface area contributed by atoms with Gasteiger partial charge in [0.15, 0.2) is 0 Å². The van der Waals surface area contributed by atoms with Crippen LogP contribution in [0.1, 0.15) is 40.2 Å². The highest BCUT2D eigenvalue weighted by molar-refractivity contribution is 5.87. The predicted molar refractivity (Wildman–Crippen MR) is 68.0 cm³/mol. The van der Waals surface area contributed by atoms with Gasteiger partial charge in [-0.15, -0.1) is 0 Å². The fraction of sp³-hybridized carbons (Fsp3) is 0.500. The number of carbonyl (C=O) groups is 1. The quantitative estimate of drug-likeness (QED) is 0.781. The van der Waals surface area contributed by atoms with E-state index in [1.54, 1.807) is 14.0 Å². The number of rotatable bonds is 3. The number of carbonyl (C=O) groups excluding carboxylic acids is 1. The molecule has 0 bridgehead atoms. The monoisotopic (exact) mass is 222 g/mol. The highest BCUT2D eigenvalue weighted by Crippen LogP contribution is 2.31. The van der Waals surface area contributed by atoms with Crippen LogP contribution in [0.4, 0.5) is 0 Å². The molecule has 0 atom stereocenters. The summed E-state index contributed by atoms with van der Waals surface area (Å²) in [6.45, 7) is 9.42. The Morgan fingerprint density at radius 3 is 2.12 bits per heavy atom. The first-order chi connectivity index (χ1) is 7.50. The van der Waals surface area contributed by atoms with Crippen LogP contribution in [0.25, 0.3) is 0 Å². The number of hydrogen-bond donors (Lipinski definition) is 0. The van der Waals surface area contributed by atoms with Gasteiger partial charge in [0, 0.05) is 5.56 Å². The van der Waals surface area contributed by atoms with Crippen LogP contribution in [0.2, 0.25) is 0 Å². The lowest BCUT2D eigenvalue weighted by atomic mass is 9.81. The Balaban J connectivity index is 0.00000106. The Kier molecular flexibility index (Phi) is 5.79. The van der Waals surface area contributed by atoms with Crippen molar-refractivity contribution in [3.8, 4) is 5.75 Å². The zero-order valence-corrected chi connectivity index (χ0v) is 11.1. The molecule has 90 valence electrons. The zero-order valence-electron chi connectivity index (χ0n) is 11.1. The summed E-state index contributed by atoms with van der Waals surface area (Å²) >= 11 is 0. The van der Waals surface area contributed by atoms with Crippen LogP contribution in [0, 0.1) is 0 Å². The number of ether oxygens (including phenoxy) is 1. The molecule has 0 unspecified atom stereocenters. The smallest absolute Gasteiger partial charge is 0.139 e. The molecule has 0 saturated heterocycles. The molecule has 0 amide bonds. The first kappa shape index (κ1) is 14.7. The molecule has 0 fully saturated rings. The van der Waals surface area contributed by atoms with Crippen molar-refractivity contribution in [1.29, 1.82) is 0 Å². The van der Waals surface area contributed by atoms with E-state index in [-0.39, 0.29) is 5.78 Å². The third-order valence-electron chi connectivity index (χ3n) is 2.66. The molecule has 0 heterocycles. The molecule has 1 rings (SSSR count). The van der Waals surface area contributed by atoms with Crippen LogP contribution < -0.4 is 4.74 Å². The Hall–Kier alpha value is -1.31. The number of para-hydroxylation sites is 1. The molecule has 16 heavy (non-hydrogen) atoms. The van der Waals surface area contributed by atoms with Crippen molar-refractivity contribution in [2.24, 2.45) is 0 Å². The first-order valence-corrected chi connectivity index (χ1v) is 5.64. The highest BCUT2D eigenvalue weighted by atomic mass is 16.5. The topological polar surface area (TPSA) is 26.3 Å². The number of Topliss-reactive ketones (excluding diaryl/α,β-unsaturated/α-hetero) is 1. The first-order valence-electron chi connectivity index (χ1n) is 5.64. The standard InChI is InChI=1S/C12H16O2.C2H6/c1-9(13)12(2,3)10-7-5-6-8-11(10)14-4;1-2/h5-8H,1-4H3;1-2H3. The summed E-state index contributed by atoms with van der Waals surface area (Å²) in [4.78, 5) is 11.5. The second-order valence-electron chi connectivity index (χ2n) is 3.88. The number of methoxy groups -OCH3 is 1. The van der Waals surface area contributed by atoms with E-state index in [4.69, 9.17) is 4.74 Å².